The van der Waals surface area contributed by atoms with Crippen molar-refractivity contribution in [3.63, 3.8) is 0 Å². The molecule has 0 aromatic carbocycles. The van der Waals surface area contributed by atoms with Crippen LogP contribution in [0.2, 0.25) is 0 Å². The number of hydrogen-bond acceptors (Lipinski definition) is 9. The molecule has 0 spiro atoms. The number of amides is 1. The van der Waals surface area contributed by atoms with Crippen LogP contribution in [0, 0.1) is 0 Å². The van der Waals surface area contributed by atoms with Gasteiger partial charge in [-0.3, -0.25) is 24.0 Å². The van der Waals surface area contributed by atoms with Gasteiger partial charge in [-0.1, -0.05) is 0 Å². The number of fused-ring (bicyclic) bond motifs is 1. The highest BCUT2D eigenvalue weighted by Gasteiger charge is 2.50. The molecule has 25 heavy (non-hydrogen) atoms. The normalized spacial score (nSPS) is 29.3. The molecule has 7 N–H and O–H groups in total. The molecule has 1 saturated heterocycles. The monoisotopic (exact) mass is 378 g/mol. The van der Waals surface area contributed by atoms with Gasteiger partial charge in [0.05, 0.1) is 18.6 Å². The number of aromatic amines is 1. The first-order valence-electron chi connectivity index (χ1n) is 7.01. The Morgan fingerprint density at radius 3 is 2.68 bits per heavy atom. The van der Waals surface area contributed by atoms with E-state index >= 15 is 0 Å². The number of H-pyrrole nitrogens is 1. The van der Waals surface area contributed by atoms with Gasteiger partial charge in [0.25, 0.3) is 5.56 Å². The average Bonchev–Trinajstić information content (AvgIpc) is 2.95. The van der Waals surface area contributed by atoms with Gasteiger partial charge in [-0.25, -0.2) is 4.57 Å². The van der Waals surface area contributed by atoms with E-state index in [2.05, 4.69) is 14.5 Å². The first kappa shape index (κ1) is 17.9. The summed E-state index contributed by atoms with van der Waals surface area (Å²) in [4.78, 5) is 48.5. The zero-order chi connectivity index (χ0) is 18.5. The minimum atomic E-state index is -4.82. The van der Waals surface area contributed by atoms with Crippen LogP contribution in [0.5, 0.6) is 0 Å². The van der Waals surface area contributed by atoms with Crippen LogP contribution >= 0.6 is 7.82 Å². The third-order valence-electron chi connectivity index (χ3n) is 3.84. The maximum Gasteiger partial charge on any atom is 0.469 e. The van der Waals surface area contributed by atoms with E-state index in [1.807, 2.05) is 0 Å². The standard InChI is InChI=1S/C11H15N4O9P/c12-11-13-8-3(9(19)14-11)1-5(16)15(8)10-7(18)6(17)4(24-10)2-23-25(20,21)22/h4,6-7,10,17-18H,1-2H2,(H2,20,21,22)(H3,12,13,14,19)/t4-,6-,7-,10-/m1/s1. The number of nitrogens with two attached hydrogens (primary N) is 1. The van der Waals surface area contributed by atoms with E-state index in [0.29, 0.717) is 0 Å². The molecule has 13 nitrogen and oxygen atoms in total. The Morgan fingerprint density at radius 2 is 2.04 bits per heavy atom. The second kappa shape index (κ2) is 6.14. The van der Waals surface area contributed by atoms with Gasteiger partial charge in [-0.15, -0.1) is 0 Å². The Balaban J connectivity index is 1.87. The molecule has 0 unspecified atom stereocenters. The second-order valence-electron chi connectivity index (χ2n) is 5.53. The summed E-state index contributed by atoms with van der Waals surface area (Å²) in [6, 6.07) is 0. The van der Waals surface area contributed by atoms with E-state index in [9.17, 15) is 24.4 Å². The summed E-state index contributed by atoms with van der Waals surface area (Å²) in [5.74, 6) is -0.983. The number of nitrogens with one attached hydrogen (secondary N) is 1. The number of carbonyl (C=O) groups excluding carboxylic acids is 1. The van der Waals surface area contributed by atoms with E-state index in [4.69, 9.17) is 20.3 Å². The summed E-state index contributed by atoms with van der Waals surface area (Å²) < 4.78 is 20.3. The van der Waals surface area contributed by atoms with Crippen LogP contribution in [0.25, 0.3) is 0 Å². The molecule has 3 heterocycles. The molecule has 2 aliphatic heterocycles. The van der Waals surface area contributed by atoms with E-state index in [1.165, 1.54) is 0 Å². The first-order valence-corrected chi connectivity index (χ1v) is 8.54. The molecule has 1 fully saturated rings. The van der Waals surface area contributed by atoms with E-state index in [-0.39, 0.29) is 23.8 Å². The van der Waals surface area contributed by atoms with Crippen molar-refractivity contribution in [2.24, 2.45) is 0 Å². The fraction of sp³-hybridized carbons (Fsp3) is 0.545. The quantitative estimate of drug-likeness (QED) is 0.287. The number of aliphatic hydroxyl groups excluding tert-OH is 2. The highest BCUT2D eigenvalue weighted by atomic mass is 31.2. The van der Waals surface area contributed by atoms with Crippen LogP contribution in [0.3, 0.4) is 0 Å². The van der Waals surface area contributed by atoms with Gasteiger partial charge in [0.2, 0.25) is 11.9 Å². The molecule has 3 rings (SSSR count). The number of hydrogen-bond donors (Lipinski definition) is 6. The van der Waals surface area contributed by atoms with Gasteiger partial charge < -0.3 is 30.5 Å². The van der Waals surface area contributed by atoms with Crippen molar-refractivity contribution in [3.8, 4) is 0 Å². The molecule has 14 heteroatoms. The molecule has 1 aromatic heterocycles. The van der Waals surface area contributed by atoms with Crippen molar-refractivity contribution in [2.45, 2.75) is 31.0 Å². The Morgan fingerprint density at radius 1 is 1.36 bits per heavy atom. The van der Waals surface area contributed by atoms with Gasteiger partial charge in [0, 0.05) is 0 Å². The highest BCUT2D eigenvalue weighted by Crippen LogP contribution is 2.38. The number of nitrogens with zero attached hydrogens (tertiary/aromatic N) is 2. The van der Waals surface area contributed by atoms with Gasteiger partial charge in [0.1, 0.15) is 18.3 Å². The lowest BCUT2D eigenvalue weighted by Gasteiger charge is -2.26. The molecule has 0 saturated carbocycles. The number of carbonyl (C=O) groups is 1. The number of rotatable bonds is 4. The van der Waals surface area contributed by atoms with Crippen molar-refractivity contribution in [1.29, 1.82) is 0 Å². The lowest BCUT2D eigenvalue weighted by atomic mass is 10.1. The molecule has 138 valence electrons. The van der Waals surface area contributed by atoms with E-state index < -0.39 is 50.4 Å². The molecule has 0 bridgehead atoms. The number of aliphatic hydroxyl groups is 2. The van der Waals surface area contributed by atoms with Gasteiger partial charge in [-0.2, -0.15) is 4.98 Å². The minimum absolute atomic E-state index is 0.0272. The van der Waals surface area contributed by atoms with Gasteiger partial charge in [-0.05, 0) is 0 Å². The predicted octanol–water partition coefficient (Wildman–Crippen LogP) is -3.20. The number of nitrogen functional groups attached to an aromatic ring is 1. The summed E-state index contributed by atoms with van der Waals surface area (Å²) in [6.45, 7) is -0.723. The molecule has 2 aliphatic rings. The molecular formula is C11H15N4O9P. The maximum absolute atomic E-state index is 12.2. The zero-order valence-electron chi connectivity index (χ0n) is 12.5. The summed E-state index contributed by atoms with van der Waals surface area (Å²) in [5, 5.41) is 20.1. The van der Waals surface area contributed by atoms with Crippen LogP contribution in [-0.4, -0.2) is 67.0 Å². The Hall–Kier alpha value is -1.86. The summed E-state index contributed by atoms with van der Waals surface area (Å²) in [7, 11) is -4.82. The lowest BCUT2D eigenvalue weighted by Crippen LogP contribution is -2.46. The Labute approximate surface area is 139 Å². The summed E-state index contributed by atoms with van der Waals surface area (Å²) >= 11 is 0. The molecule has 1 aromatic rings. The SMILES string of the molecule is Nc1nc2c(c(=O)[nH]1)CC(=O)N2[C@@H]1O[C@H](COP(=O)(O)O)[C@@H](O)[C@H]1O. The van der Waals surface area contributed by atoms with E-state index in [1.54, 1.807) is 0 Å². The van der Waals surface area contributed by atoms with Crippen molar-refractivity contribution < 1.29 is 38.6 Å². The fourth-order valence-electron chi connectivity index (χ4n) is 2.73. The largest absolute Gasteiger partial charge is 0.469 e. The van der Waals surface area contributed by atoms with Gasteiger partial charge in [0.15, 0.2) is 12.0 Å². The molecular weight excluding hydrogens is 363 g/mol. The molecule has 1 amide bonds. The van der Waals surface area contributed by atoms with Crippen LogP contribution in [0.4, 0.5) is 11.8 Å². The van der Waals surface area contributed by atoms with Crippen molar-refractivity contribution in [2.75, 3.05) is 17.2 Å². The van der Waals surface area contributed by atoms with Crippen LogP contribution in [0.15, 0.2) is 4.79 Å². The van der Waals surface area contributed by atoms with Crippen molar-refractivity contribution in [3.05, 3.63) is 15.9 Å². The Kier molecular flexibility index (Phi) is 4.41. The summed E-state index contributed by atoms with van der Waals surface area (Å²) in [6.07, 6.45) is -6.26. The number of phosphoric ester groups is 1. The Bertz CT molecular complexity index is 807. The predicted molar refractivity (Wildman–Crippen MR) is 79.1 cm³/mol. The topological polar surface area (TPSA) is 209 Å². The zero-order valence-corrected chi connectivity index (χ0v) is 13.4. The third kappa shape index (κ3) is 3.30. The van der Waals surface area contributed by atoms with E-state index in [0.717, 1.165) is 4.90 Å². The number of anilines is 2. The van der Waals surface area contributed by atoms with Crippen LogP contribution in [-0.2, 0) is 25.0 Å². The maximum atomic E-state index is 12.2. The van der Waals surface area contributed by atoms with Crippen LogP contribution in [0.1, 0.15) is 5.56 Å². The fourth-order valence-corrected chi connectivity index (χ4v) is 3.07. The number of ether oxygens (including phenoxy) is 1. The smallest absolute Gasteiger partial charge is 0.387 e. The summed E-state index contributed by atoms with van der Waals surface area (Å²) in [5.41, 5.74) is 4.87. The average molecular weight is 378 g/mol. The lowest BCUT2D eigenvalue weighted by molar-refractivity contribution is -0.121. The highest BCUT2D eigenvalue weighted by molar-refractivity contribution is 7.46. The molecule has 0 radical (unpaired) electrons. The number of phosphoric acid groups is 1. The minimum Gasteiger partial charge on any atom is -0.387 e. The molecule has 4 atom stereocenters. The number of aromatic nitrogens is 2. The van der Waals surface area contributed by atoms with Gasteiger partial charge >= 0.3 is 7.82 Å². The molecule has 0 aliphatic carbocycles. The second-order valence-corrected chi connectivity index (χ2v) is 6.77. The third-order valence-corrected chi connectivity index (χ3v) is 4.32. The van der Waals surface area contributed by atoms with Crippen molar-refractivity contribution in [1.82, 2.24) is 9.97 Å². The first-order chi connectivity index (χ1) is 11.6. The van der Waals surface area contributed by atoms with Crippen molar-refractivity contribution >= 4 is 25.5 Å². The van der Waals surface area contributed by atoms with Crippen LogP contribution < -0.4 is 16.2 Å².